The third-order valence-corrected chi connectivity index (χ3v) is 5.33. The maximum Gasteiger partial charge on any atom is 0.0386 e. The van der Waals surface area contributed by atoms with Crippen molar-refractivity contribution in [3.8, 4) is 0 Å². The summed E-state index contributed by atoms with van der Waals surface area (Å²) in [6.07, 6.45) is 17.5. The van der Waals surface area contributed by atoms with Crippen molar-refractivity contribution in [1.82, 2.24) is 0 Å². The Morgan fingerprint density at radius 2 is 2.08 bits per heavy atom. The highest BCUT2D eigenvalue weighted by atomic mass is 14.7. The van der Waals surface area contributed by atoms with Gasteiger partial charge in [0.25, 0.3) is 0 Å². The van der Waals surface area contributed by atoms with Gasteiger partial charge in [-0.15, -0.1) is 0 Å². The lowest BCUT2D eigenvalue weighted by atomic mass is 9.73. The molecule has 2 heteroatoms. The summed E-state index contributed by atoms with van der Waals surface area (Å²) < 4.78 is 0. The first kappa shape index (κ1) is 20.6. The van der Waals surface area contributed by atoms with E-state index in [0.29, 0.717) is 6.54 Å². The van der Waals surface area contributed by atoms with Crippen LogP contribution in [-0.2, 0) is 0 Å². The van der Waals surface area contributed by atoms with Crippen LogP contribution in [0.4, 0.5) is 0 Å². The molecule has 1 saturated carbocycles. The van der Waals surface area contributed by atoms with Crippen LogP contribution in [0.15, 0.2) is 63.7 Å². The lowest BCUT2D eigenvalue weighted by molar-refractivity contribution is 0.300. The van der Waals surface area contributed by atoms with Crippen LogP contribution in [0.2, 0.25) is 0 Å². The molecular formula is C24H36N2. The Labute approximate surface area is 160 Å². The molecule has 2 N–H and O–H groups in total. The Morgan fingerprint density at radius 1 is 1.35 bits per heavy atom. The van der Waals surface area contributed by atoms with Gasteiger partial charge in [0, 0.05) is 24.7 Å². The van der Waals surface area contributed by atoms with Crippen LogP contribution in [0.1, 0.15) is 59.8 Å². The minimum atomic E-state index is 0.0391. The van der Waals surface area contributed by atoms with Crippen molar-refractivity contribution in [2.24, 2.45) is 22.1 Å². The molecule has 0 aliphatic heterocycles. The SMILES string of the molecule is C=C(C)/C=C(\C=NCCC)C1=CC(CN)=CC(C)(C)C(CC2CCC2)=C1. The molecule has 0 amide bonds. The minimum Gasteiger partial charge on any atom is -0.327 e. The molecule has 0 spiro atoms. The zero-order chi connectivity index (χ0) is 19.2. The first-order valence-electron chi connectivity index (χ1n) is 10.1. The molecule has 0 bridgehead atoms. The van der Waals surface area contributed by atoms with Crippen LogP contribution < -0.4 is 5.73 Å². The lowest BCUT2D eigenvalue weighted by Crippen LogP contribution is -2.19. The number of rotatable bonds is 8. The Kier molecular flexibility index (Phi) is 7.40. The van der Waals surface area contributed by atoms with E-state index in [2.05, 4.69) is 56.6 Å². The van der Waals surface area contributed by atoms with Crippen molar-refractivity contribution in [2.75, 3.05) is 13.1 Å². The molecule has 2 nitrogen and oxygen atoms in total. The summed E-state index contributed by atoms with van der Waals surface area (Å²) in [6.45, 7) is 14.3. The van der Waals surface area contributed by atoms with Crippen molar-refractivity contribution >= 4 is 6.21 Å². The van der Waals surface area contributed by atoms with Gasteiger partial charge in [-0.3, -0.25) is 4.99 Å². The summed E-state index contributed by atoms with van der Waals surface area (Å²) in [7, 11) is 0. The number of allylic oxidation sites excluding steroid dienone is 7. The summed E-state index contributed by atoms with van der Waals surface area (Å²) in [5, 5.41) is 0. The molecular weight excluding hydrogens is 316 g/mol. The van der Waals surface area contributed by atoms with Gasteiger partial charge < -0.3 is 5.73 Å². The molecule has 0 unspecified atom stereocenters. The van der Waals surface area contributed by atoms with Gasteiger partial charge in [-0.25, -0.2) is 0 Å². The number of hydrogen-bond donors (Lipinski definition) is 1. The summed E-state index contributed by atoms with van der Waals surface area (Å²) in [6, 6.07) is 0. The molecule has 2 aliphatic rings. The summed E-state index contributed by atoms with van der Waals surface area (Å²) in [5.41, 5.74) is 12.2. The molecule has 2 aliphatic carbocycles. The van der Waals surface area contributed by atoms with E-state index < -0.39 is 0 Å². The highest BCUT2D eigenvalue weighted by Gasteiger charge is 2.28. The Hall–Kier alpha value is -1.67. The van der Waals surface area contributed by atoms with Gasteiger partial charge in [-0.2, -0.15) is 0 Å². The predicted octanol–water partition coefficient (Wildman–Crippen LogP) is 5.94. The van der Waals surface area contributed by atoms with Crippen LogP contribution in [-0.4, -0.2) is 19.3 Å². The van der Waals surface area contributed by atoms with Gasteiger partial charge in [-0.05, 0) is 42.4 Å². The van der Waals surface area contributed by atoms with E-state index in [1.807, 2.05) is 13.1 Å². The van der Waals surface area contributed by atoms with Crippen molar-refractivity contribution in [1.29, 1.82) is 0 Å². The van der Waals surface area contributed by atoms with E-state index in [1.165, 1.54) is 42.4 Å². The first-order chi connectivity index (χ1) is 12.4. The molecule has 0 aromatic heterocycles. The molecule has 0 heterocycles. The van der Waals surface area contributed by atoms with Crippen molar-refractivity contribution in [2.45, 2.75) is 59.8 Å². The van der Waals surface area contributed by atoms with Gasteiger partial charge in [-0.1, -0.05) is 82.1 Å². The first-order valence-corrected chi connectivity index (χ1v) is 10.1. The van der Waals surface area contributed by atoms with Crippen molar-refractivity contribution < 1.29 is 0 Å². The van der Waals surface area contributed by atoms with E-state index in [0.717, 1.165) is 30.0 Å². The molecule has 0 radical (unpaired) electrons. The third-order valence-electron chi connectivity index (χ3n) is 5.33. The van der Waals surface area contributed by atoms with E-state index in [1.54, 1.807) is 0 Å². The quantitative estimate of drug-likeness (QED) is 0.426. The van der Waals surface area contributed by atoms with Crippen LogP contribution in [0.5, 0.6) is 0 Å². The molecule has 0 aromatic carbocycles. The van der Waals surface area contributed by atoms with Gasteiger partial charge in [0.05, 0.1) is 0 Å². The second-order valence-electron chi connectivity index (χ2n) is 8.40. The maximum atomic E-state index is 6.06. The normalized spacial score (nSPS) is 21.0. The second-order valence-corrected chi connectivity index (χ2v) is 8.40. The minimum absolute atomic E-state index is 0.0391. The fourth-order valence-corrected chi connectivity index (χ4v) is 3.58. The van der Waals surface area contributed by atoms with Crippen molar-refractivity contribution in [3.63, 3.8) is 0 Å². The number of nitrogens with two attached hydrogens (primary N) is 1. The number of hydrogen-bond acceptors (Lipinski definition) is 2. The lowest BCUT2D eigenvalue weighted by Gasteiger charge is -2.32. The summed E-state index contributed by atoms with van der Waals surface area (Å²) in [4.78, 5) is 4.59. The van der Waals surface area contributed by atoms with E-state index >= 15 is 0 Å². The topological polar surface area (TPSA) is 38.4 Å². The van der Waals surface area contributed by atoms with E-state index in [-0.39, 0.29) is 5.41 Å². The van der Waals surface area contributed by atoms with Crippen LogP contribution in [0.25, 0.3) is 0 Å². The van der Waals surface area contributed by atoms with E-state index in [4.69, 9.17) is 5.73 Å². The molecule has 2 rings (SSSR count). The molecule has 26 heavy (non-hydrogen) atoms. The Bertz CT molecular complexity index is 664. The zero-order valence-corrected chi connectivity index (χ0v) is 17.1. The number of nitrogens with zero attached hydrogens (tertiary/aromatic N) is 1. The predicted molar refractivity (Wildman–Crippen MR) is 116 cm³/mol. The highest BCUT2D eigenvalue weighted by Crippen LogP contribution is 2.42. The zero-order valence-electron chi connectivity index (χ0n) is 17.1. The smallest absolute Gasteiger partial charge is 0.0386 e. The molecule has 0 aromatic rings. The van der Waals surface area contributed by atoms with Gasteiger partial charge in [0.15, 0.2) is 0 Å². The molecule has 1 fully saturated rings. The van der Waals surface area contributed by atoms with Gasteiger partial charge >= 0.3 is 0 Å². The fraction of sp³-hybridized carbons (Fsp3) is 0.542. The monoisotopic (exact) mass is 352 g/mol. The third kappa shape index (κ3) is 5.67. The molecule has 0 atom stereocenters. The van der Waals surface area contributed by atoms with Crippen molar-refractivity contribution in [3.05, 3.63) is 58.7 Å². The second kappa shape index (κ2) is 9.32. The highest BCUT2D eigenvalue weighted by molar-refractivity contribution is 5.87. The molecule has 142 valence electrons. The molecule has 0 saturated heterocycles. The Balaban J connectivity index is 2.45. The van der Waals surface area contributed by atoms with Crippen LogP contribution >= 0.6 is 0 Å². The average Bonchev–Trinajstić information content (AvgIpc) is 2.65. The standard InChI is InChI=1S/C24H36N2/c1-6-10-26-17-22(11-18(2)3)21-12-20(16-25)15-24(4,5)23(14-21)13-19-8-7-9-19/h11-12,14-15,17,19H,2,6-10,13,16,25H2,1,3-5H3/b22-11+,26-17?. The summed E-state index contributed by atoms with van der Waals surface area (Å²) >= 11 is 0. The Morgan fingerprint density at radius 3 is 2.62 bits per heavy atom. The average molecular weight is 353 g/mol. The van der Waals surface area contributed by atoms with Gasteiger partial charge in [0.1, 0.15) is 0 Å². The van der Waals surface area contributed by atoms with E-state index in [9.17, 15) is 0 Å². The van der Waals surface area contributed by atoms with Crippen LogP contribution in [0, 0.1) is 11.3 Å². The largest absolute Gasteiger partial charge is 0.327 e. The maximum absolute atomic E-state index is 6.06. The van der Waals surface area contributed by atoms with Crippen LogP contribution in [0.3, 0.4) is 0 Å². The fourth-order valence-electron chi connectivity index (χ4n) is 3.58. The summed E-state index contributed by atoms with van der Waals surface area (Å²) in [5.74, 6) is 0.844. The van der Waals surface area contributed by atoms with Gasteiger partial charge in [0.2, 0.25) is 0 Å². The number of aliphatic imine (C=N–C) groups is 1.